The molecule has 0 bridgehead atoms. The highest BCUT2D eigenvalue weighted by molar-refractivity contribution is 6.30. The van der Waals surface area contributed by atoms with E-state index in [1.165, 1.54) is 0 Å². The van der Waals surface area contributed by atoms with E-state index in [1.54, 1.807) is 6.20 Å². The normalized spacial score (nSPS) is 11.8. The van der Waals surface area contributed by atoms with Crippen LogP contribution in [0.15, 0.2) is 72.9 Å². The van der Waals surface area contributed by atoms with Crippen molar-refractivity contribution in [3.63, 3.8) is 0 Å². The van der Waals surface area contributed by atoms with Crippen LogP contribution in [0.2, 0.25) is 5.02 Å². The molecule has 3 rings (SSSR count). The first kappa shape index (κ1) is 17.2. The summed E-state index contributed by atoms with van der Waals surface area (Å²) in [6, 6.07) is 20.7. The monoisotopic (exact) mass is 350 g/mol. The maximum Gasteiger partial charge on any atom is 0.251 e. The predicted molar refractivity (Wildman–Crippen MR) is 101 cm³/mol. The summed E-state index contributed by atoms with van der Waals surface area (Å²) in [5.74, 6) is -0.107. The second-order valence-corrected chi connectivity index (χ2v) is 6.41. The second kappa shape index (κ2) is 7.95. The van der Waals surface area contributed by atoms with Crippen LogP contribution in [0, 0.1) is 6.92 Å². The van der Waals surface area contributed by atoms with E-state index in [-0.39, 0.29) is 11.9 Å². The van der Waals surface area contributed by atoms with E-state index >= 15 is 0 Å². The summed E-state index contributed by atoms with van der Waals surface area (Å²) >= 11 is 5.96. The summed E-state index contributed by atoms with van der Waals surface area (Å²) in [5, 5.41) is 3.79. The number of pyridine rings is 1. The molecule has 1 aromatic heterocycles. The van der Waals surface area contributed by atoms with Crippen LogP contribution in [0.4, 0.5) is 0 Å². The maximum atomic E-state index is 12.6. The summed E-state index contributed by atoms with van der Waals surface area (Å²) < 4.78 is 0. The first-order valence-corrected chi connectivity index (χ1v) is 8.52. The van der Waals surface area contributed by atoms with E-state index in [0.717, 1.165) is 16.8 Å². The fraction of sp³-hybridized carbons (Fsp3) is 0.143. The quantitative estimate of drug-likeness (QED) is 0.721. The van der Waals surface area contributed by atoms with Crippen LogP contribution in [-0.4, -0.2) is 10.9 Å². The molecule has 0 radical (unpaired) electrons. The van der Waals surface area contributed by atoms with E-state index in [1.807, 2.05) is 73.7 Å². The predicted octanol–water partition coefficient (Wildman–Crippen LogP) is 4.76. The fourth-order valence-electron chi connectivity index (χ4n) is 2.61. The number of aryl methyl sites for hydroxylation is 1. The molecule has 1 heterocycles. The van der Waals surface area contributed by atoms with Crippen molar-refractivity contribution < 1.29 is 4.79 Å². The number of nitrogens with zero attached hydrogens (tertiary/aromatic N) is 1. The van der Waals surface area contributed by atoms with Crippen molar-refractivity contribution >= 4 is 17.5 Å². The van der Waals surface area contributed by atoms with Crippen molar-refractivity contribution in [1.82, 2.24) is 10.3 Å². The summed E-state index contributed by atoms with van der Waals surface area (Å²) in [4.78, 5) is 17.0. The van der Waals surface area contributed by atoms with E-state index in [2.05, 4.69) is 10.3 Å². The Labute approximate surface area is 152 Å². The van der Waals surface area contributed by atoms with Crippen LogP contribution in [0.25, 0.3) is 0 Å². The minimum Gasteiger partial charge on any atom is -0.343 e. The standard InChI is InChI=1S/C21H19ClN2O/c1-15-5-9-17(10-6-15)21(25)24-20(19-4-2-3-13-23-19)14-16-7-11-18(22)12-8-16/h2-13,20H,14H2,1H3,(H,24,25)/t20-/m0/s1. The highest BCUT2D eigenvalue weighted by Crippen LogP contribution is 2.19. The second-order valence-electron chi connectivity index (χ2n) is 5.98. The Hall–Kier alpha value is -2.65. The first-order chi connectivity index (χ1) is 12.1. The number of hydrogen-bond donors (Lipinski definition) is 1. The number of carbonyl (C=O) groups excluding carboxylic acids is 1. The number of aromatic nitrogens is 1. The number of benzene rings is 2. The third-order valence-electron chi connectivity index (χ3n) is 4.02. The highest BCUT2D eigenvalue weighted by atomic mass is 35.5. The van der Waals surface area contributed by atoms with Gasteiger partial charge in [-0.2, -0.15) is 0 Å². The third-order valence-corrected chi connectivity index (χ3v) is 4.27. The Morgan fingerprint density at radius 3 is 2.40 bits per heavy atom. The minimum absolute atomic E-state index is 0.107. The van der Waals surface area contributed by atoms with Gasteiger partial charge < -0.3 is 5.32 Å². The lowest BCUT2D eigenvalue weighted by molar-refractivity contribution is 0.0935. The Morgan fingerprint density at radius 2 is 1.76 bits per heavy atom. The van der Waals surface area contributed by atoms with Gasteiger partial charge in [-0.05, 0) is 55.3 Å². The Morgan fingerprint density at radius 1 is 1.04 bits per heavy atom. The van der Waals surface area contributed by atoms with Crippen LogP contribution in [0.1, 0.15) is 33.2 Å². The molecule has 0 saturated carbocycles. The number of amides is 1. The van der Waals surface area contributed by atoms with Crippen molar-refractivity contribution in [3.8, 4) is 0 Å². The summed E-state index contributed by atoms with van der Waals surface area (Å²) in [5.41, 5.74) is 3.68. The molecule has 1 atom stereocenters. The smallest absolute Gasteiger partial charge is 0.251 e. The molecule has 2 aromatic carbocycles. The van der Waals surface area contributed by atoms with E-state index in [9.17, 15) is 4.79 Å². The molecular formula is C21H19ClN2O. The van der Waals surface area contributed by atoms with Gasteiger partial charge in [-0.15, -0.1) is 0 Å². The average Bonchev–Trinajstić information content (AvgIpc) is 2.64. The molecule has 0 spiro atoms. The largest absolute Gasteiger partial charge is 0.343 e. The zero-order valence-corrected chi connectivity index (χ0v) is 14.7. The maximum absolute atomic E-state index is 12.6. The zero-order chi connectivity index (χ0) is 17.6. The van der Waals surface area contributed by atoms with E-state index < -0.39 is 0 Å². The van der Waals surface area contributed by atoms with Gasteiger partial charge in [-0.3, -0.25) is 9.78 Å². The van der Waals surface area contributed by atoms with E-state index in [0.29, 0.717) is 17.0 Å². The lowest BCUT2D eigenvalue weighted by Gasteiger charge is -2.19. The number of halogens is 1. The third kappa shape index (κ3) is 4.68. The van der Waals surface area contributed by atoms with Gasteiger partial charge in [0.25, 0.3) is 5.91 Å². The van der Waals surface area contributed by atoms with Gasteiger partial charge in [0.05, 0.1) is 11.7 Å². The number of rotatable bonds is 5. The minimum atomic E-state index is -0.212. The highest BCUT2D eigenvalue weighted by Gasteiger charge is 2.17. The first-order valence-electron chi connectivity index (χ1n) is 8.15. The van der Waals surface area contributed by atoms with Gasteiger partial charge in [-0.25, -0.2) is 0 Å². The average molecular weight is 351 g/mol. The van der Waals surface area contributed by atoms with Crippen molar-refractivity contribution in [2.24, 2.45) is 0 Å². The molecule has 0 aliphatic carbocycles. The topological polar surface area (TPSA) is 42.0 Å². The van der Waals surface area contributed by atoms with Crippen LogP contribution in [0.3, 0.4) is 0 Å². The summed E-state index contributed by atoms with van der Waals surface area (Å²) in [6.45, 7) is 2.00. The molecule has 0 fully saturated rings. The molecule has 25 heavy (non-hydrogen) atoms. The van der Waals surface area contributed by atoms with Gasteiger partial charge in [0.1, 0.15) is 0 Å². The molecule has 1 amide bonds. The molecule has 0 saturated heterocycles. The van der Waals surface area contributed by atoms with Gasteiger partial charge in [0.15, 0.2) is 0 Å². The molecule has 3 aromatic rings. The Bertz CT molecular complexity index is 830. The van der Waals surface area contributed by atoms with Crippen LogP contribution in [-0.2, 0) is 6.42 Å². The van der Waals surface area contributed by atoms with Gasteiger partial charge >= 0.3 is 0 Å². The van der Waals surface area contributed by atoms with Crippen molar-refractivity contribution in [1.29, 1.82) is 0 Å². The molecule has 0 unspecified atom stereocenters. The lowest BCUT2D eigenvalue weighted by Crippen LogP contribution is -2.30. The zero-order valence-electron chi connectivity index (χ0n) is 13.9. The molecule has 1 N–H and O–H groups in total. The molecule has 4 heteroatoms. The van der Waals surface area contributed by atoms with Gasteiger partial charge in [0, 0.05) is 16.8 Å². The fourth-order valence-corrected chi connectivity index (χ4v) is 2.74. The van der Waals surface area contributed by atoms with Crippen LogP contribution in [0.5, 0.6) is 0 Å². The van der Waals surface area contributed by atoms with Gasteiger partial charge in [0.2, 0.25) is 0 Å². The number of carbonyl (C=O) groups is 1. The van der Waals surface area contributed by atoms with Crippen molar-refractivity contribution in [2.75, 3.05) is 0 Å². The number of nitrogens with one attached hydrogen (secondary N) is 1. The molecule has 126 valence electrons. The summed E-state index contributed by atoms with van der Waals surface area (Å²) in [7, 11) is 0. The van der Waals surface area contributed by atoms with Crippen molar-refractivity contribution in [2.45, 2.75) is 19.4 Å². The molecule has 3 nitrogen and oxygen atoms in total. The SMILES string of the molecule is Cc1ccc(C(=O)N[C@@H](Cc2ccc(Cl)cc2)c2ccccn2)cc1. The molecule has 0 aliphatic rings. The summed E-state index contributed by atoms with van der Waals surface area (Å²) in [6.07, 6.45) is 2.38. The van der Waals surface area contributed by atoms with Crippen LogP contribution < -0.4 is 5.32 Å². The number of hydrogen-bond acceptors (Lipinski definition) is 2. The Kier molecular flexibility index (Phi) is 5.46. The van der Waals surface area contributed by atoms with E-state index in [4.69, 9.17) is 11.6 Å². The van der Waals surface area contributed by atoms with Crippen molar-refractivity contribution in [3.05, 3.63) is 100 Å². The van der Waals surface area contributed by atoms with Gasteiger partial charge in [-0.1, -0.05) is 47.5 Å². The molecule has 0 aliphatic heterocycles. The lowest BCUT2D eigenvalue weighted by atomic mass is 10.0. The Balaban J connectivity index is 1.82. The van der Waals surface area contributed by atoms with Crippen LogP contribution >= 0.6 is 11.6 Å². The molecular weight excluding hydrogens is 332 g/mol.